The largest absolute Gasteiger partial charge is 0.385 e. The number of aryl methyl sites for hydroxylation is 1. The van der Waals surface area contributed by atoms with Gasteiger partial charge in [0.1, 0.15) is 17.8 Å². The van der Waals surface area contributed by atoms with E-state index >= 15 is 0 Å². The average molecular weight is 434 g/mol. The van der Waals surface area contributed by atoms with Crippen LogP contribution in [-0.4, -0.2) is 40.7 Å². The normalized spacial score (nSPS) is 14.2. The number of hydrogen-bond donors (Lipinski definition) is 2. The SMILES string of the molecule is CC(Cc1cccc(C2=NCC(NCC(C)C)=CN2)c1)=NN(C=CC=O)c1cnn(C)c1. The predicted molar refractivity (Wildman–Crippen MR) is 130 cm³/mol. The van der Waals surface area contributed by atoms with E-state index in [1.165, 1.54) is 6.08 Å². The summed E-state index contributed by atoms with van der Waals surface area (Å²) in [7, 11) is 1.84. The number of nitrogens with zero attached hydrogens (tertiary/aromatic N) is 5. The lowest BCUT2D eigenvalue weighted by molar-refractivity contribution is -0.104. The Morgan fingerprint density at radius 1 is 1.41 bits per heavy atom. The predicted octanol–water partition coefficient (Wildman–Crippen LogP) is 2.99. The van der Waals surface area contributed by atoms with Crippen molar-refractivity contribution < 1.29 is 4.79 Å². The Hall–Kier alpha value is -3.68. The van der Waals surface area contributed by atoms with Crippen molar-refractivity contribution in [2.75, 3.05) is 18.1 Å². The number of aromatic nitrogens is 2. The van der Waals surface area contributed by atoms with Crippen LogP contribution in [0.5, 0.6) is 0 Å². The van der Waals surface area contributed by atoms with Gasteiger partial charge in [-0.05, 0) is 30.5 Å². The van der Waals surface area contributed by atoms with Crippen molar-refractivity contribution in [1.29, 1.82) is 0 Å². The van der Waals surface area contributed by atoms with E-state index in [4.69, 9.17) is 0 Å². The maximum absolute atomic E-state index is 10.8. The lowest BCUT2D eigenvalue weighted by Gasteiger charge is -2.18. The maximum atomic E-state index is 10.8. The van der Waals surface area contributed by atoms with Gasteiger partial charge in [-0.2, -0.15) is 10.2 Å². The van der Waals surface area contributed by atoms with Gasteiger partial charge in [0.25, 0.3) is 0 Å². The highest BCUT2D eigenvalue weighted by atomic mass is 16.1. The second-order valence-electron chi connectivity index (χ2n) is 8.16. The molecule has 0 aliphatic carbocycles. The molecule has 1 aliphatic heterocycles. The molecule has 0 saturated carbocycles. The van der Waals surface area contributed by atoms with Gasteiger partial charge in [-0.25, -0.2) is 5.01 Å². The highest BCUT2D eigenvalue weighted by molar-refractivity contribution is 6.00. The number of amidine groups is 1. The summed E-state index contributed by atoms with van der Waals surface area (Å²) >= 11 is 0. The molecule has 0 atom stereocenters. The third kappa shape index (κ3) is 6.66. The van der Waals surface area contributed by atoms with Crippen molar-refractivity contribution in [3.05, 3.63) is 72.0 Å². The van der Waals surface area contributed by atoms with Crippen LogP contribution in [0.3, 0.4) is 0 Å². The molecule has 0 amide bonds. The van der Waals surface area contributed by atoms with Gasteiger partial charge in [0.05, 0.1) is 18.9 Å². The first-order valence-electron chi connectivity index (χ1n) is 10.7. The topological polar surface area (TPSA) is 86.9 Å². The van der Waals surface area contributed by atoms with Gasteiger partial charge in [0.2, 0.25) is 0 Å². The van der Waals surface area contributed by atoms with Crippen LogP contribution in [0.4, 0.5) is 5.69 Å². The molecule has 8 heteroatoms. The Morgan fingerprint density at radius 2 is 2.25 bits per heavy atom. The second kappa shape index (κ2) is 11.1. The first-order valence-corrected chi connectivity index (χ1v) is 10.7. The van der Waals surface area contributed by atoms with Gasteiger partial charge in [-0.15, -0.1) is 0 Å². The summed E-state index contributed by atoms with van der Waals surface area (Å²) < 4.78 is 1.70. The third-order valence-corrected chi connectivity index (χ3v) is 4.73. The number of hydrogen-bond acceptors (Lipinski definition) is 7. The Morgan fingerprint density at radius 3 is 2.91 bits per heavy atom. The van der Waals surface area contributed by atoms with Gasteiger partial charge in [0.15, 0.2) is 0 Å². The third-order valence-electron chi connectivity index (χ3n) is 4.73. The van der Waals surface area contributed by atoms with Crippen LogP contribution in [0.15, 0.2) is 70.9 Å². The molecule has 0 fully saturated rings. The van der Waals surface area contributed by atoms with Gasteiger partial charge in [-0.3, -0.25) is 14.5 Å². The van der Waals surface area contributed by atoms with Gasteiger partial charge in [0, 0.05) is 49.4 Å². The molecule has 2 aromatic rings. The summed E-state index contributed by atoms with van der Waals surface area (Å²) in [5.41, 5.74) is 4.96. The lowest BCUT2D eigenvalue weighted by atomic mass is 10.0. The fourth-order valence-electron chi connectivity index (χ4n) is 3.19. The van der Waals surface area contributed by atoms with E-state index in [0.717, 1.165) is 46.9 Å². The zero-order valence-electron chi connectivity index (χ0n) is 19.1. The van der Waals surface area contributed by atoms with Gasteiger partial charge in [-0.1, -0.05) is 32.0 Å². The number of rotatable bonds is 10. The Bertz CT molecular complexity index is 1050. The number of carbonyl (C=O) groups is 1. The molecule has 2 N–H and O–H groups in total. The molecule has 3 rings (SSSR count). The van der Waals surface area contributed by atoms with Crippen molar-refractivity contribution in [1.82, 2.24) is 20.4 Å². The van der Waals surface area contributed by atoms with Crippen LogP contribution >= 0.6 is 0 Å². The van der Waals surface area contributed by atoms with Crippen molar-refractivity contribution >= 4 is 23.5 Å². The molecule has 1 aromatic heterocycles. The average Bonchev–Trinajstić information content (AvgIpc) is 3.22. The van der Waals surface area contributed by atoms with Crippen molar-refractivity contribution in [2.45, 2.75) is 27.2 Å². The minimum atomic E-state index is 0.589. The van der Waals surface area contributed by atoms with E-state index < -0.39 is 0 Å². The van der Waals surface area contributed by atoms with E-state index in [9.17, 15) is 4.79 Å². The minimum absolute atomic E-state index is 0.589. The minimum Gasteiger partial charge on any atom is -0.385 e. The number of aliphatic imine (C=N–C) groups is 1. The number of allylic oxidation sites excluding steroid dienone is 1. The van der Waals surface area contributed by atoms with Gasteiger partial charge >= 0.3 is 0 Å². The summed E-state index contributed by atoms with van der Waals surface area (Å²) in [4.78, 5) is 15.5. The zero-order chi connectivity index (χ0) is 22.9. The summed E-state index contributed by atoms with van der Waals surface area (Å²) in [6.07, 6.45) is 9.98. The smallest absolute Gasteiger partial charge is 0.144 e. The van der Waals surface area contributed by atoms with E-state index in [0.29, 0.717) is 18.9 Å². The Kier molecular flexibility index (Phi) is 7.96. The molecular weight excluding hydrogens is 402 g/mol. The zero-order valence-corrected chi connectivity index (χ0v) is 19.1. The Labute approximate surface area is 189 Å². The highest BCUT2D eigenvalue weighted by Gasteiger charge is 2.10. The van der Waals surface area contributed by atoms with Crippen molar-refractivity contribution in [3.8, 4) is 0 Å². The van der Waals surface area contributed by atoms with Crippen molar-refractivity contribution in [2.24, 2.45) is 23.1 Å². The second-order valence-corrected chi connectivity index (χ2v) is 8.16. The molecule has 1 aromatic carbocycles. The number of nitrogens with one attached hydrogen (secondary N) is 2. The van der Waals surface area contributed by atoms with E-state index in [-0.39, 0.29) is 0 Å². The number of benzene rings is 1. The monoisotopic (exact) mass is 433 g/mol. The number of anilines is 1. The quantitative estimate of drug-likeness (QED) is 0.260. The first-order chi connectivity index (χ1) is 15.4. The molecule has 8 nitrogen and oxygen atoms in total. The summed E-state index contributed by atoms with van der Waals surface area (Å²) in [6, 6.07) is 8.29. The molecule has 0 bridgehead atoms. The molecule has 2 heterocycles. The standard InChI is InChI=1S/C24H31N7O/c1-18(2)13-25-22-14-26-24(27-15-22)21-8-5-7-20(12-21)11-19(3)29-31(9-6-10-32)23-16-28-30(4)17-23/h5-10,12,14,16-18,25H,11,13,15H2,1-4H3,(H,26,27). The van der Waals surface area contributed by atoms with Crippen LogP contribution in [-0.2, 0) is 18.3 Å². The Balaban J connectivity index is 1.68. The molecule has 0 spiro atoms. The van der Waals surface area contributed by atoms with Crippen molar-refractivity contribution in [3.63, 3.8) is 0 Å². The summed E-state index contributed by atoms with van der Waals surface area (Å²) in [5, 5.41) is 17.2. The molecule has 1 aliphatic rings. The van der Waals surface area contributed by atoms with Crippen LogP contribution < -0.4 is 15.6 Å². The number of aldehydes is 1. The lowest BCUT2D eigenvalue weighted by Crippen LogP contribution is -2.30. The molecule has 0 radical (unpaired) electrons. The molecule has 0 unspecified atom stereocenters. The highest BCUT2D eigenvalue weighted by Crippen LogP contribution is 2.15. The van der Waals surface area contributed by atoms with Crippen LogP contribution in [0.1, 0.15) is 31.9 Å². The number of hydrazone groups is 1. The maximum Gasteiger partial charge on any atom is 0.144 e. The van der Waals surface area contributed by atoms with Crippen LogP contribution in [0.25, 0.3) is 0 Å². The summed E-state index contributed by atoms with van der Waals surface area (Å²) in [5.74, 6) is 1.45. The van der Waals surface area contributed by atoms with Crippen LogP contribution in [0.2, 0.25) is 0 Å². The first kappa shape index (κ1) is 23.0. The van der Waals surface area contributed by atoms with Crippen LogP contribution in [0, 0.1) is 5.92 Å². The van der Waals surface area contributed by atoms with Gasteiger partial charge < -0.3 is 10.6 Å². The fourth-order valence-corrected chi connectivity index (χ4v) is 3.19. The number of carbonyl (C=O) groups excluding carboxylic acids is 1. The summed E-state index contributed by atoms with van der Waals surface area (Å²) in [6.45, 7) is 7.91. The fraction of sp³-hybridized carbons (Fsp3) is 0.333. The van der Waals surface area contributed by atoms with E-state index in [2.05, 4.69) is 57.9 Å². The molecule has 32 heavy (non-hydrogen) atoms. The molecular formula is C24H31N7O. The van der Waals surface area contributed by atoms with E-state index in [1.54, 1.807) is 22.1 Å². The molecule has 0 saturated heterocycles. The molecule has 168 valence electrons. The van der Waals surface area contributed by atoms with E-state index in [1.807, 2.05) is 32.4 Å².